The van der Waals surface area contributed by atoms with E-state index in [1.807, 2.05) is 0 Å². The number of hydrogen-bond donors (Lipinski definition) is 2. The minimum atomic E-state index is -1.46. The maximum atomic E-state index is 13.3. The van der Waals surface area contributed by atoms with Crippen LogP contribution in [0.1, 0.15) is 44.9 Å². The molecule has 3 rings (SSSR count). The van der Waals surface area contributed by atoms with Gasteiger partial charge in [0.05, 0.1) is 11.6 Å². The zero-order chi connectivity index (χ0) is 15.0. The monoisotopic (exact) mass is 299 g/mol. The minimum Gasteiger partial charge on any atom is -0.387 e. The summed E-state index contributed by atoms with van der Waals surface area (Å²) in [5.74, 6) is -3.63. The third-order valence-electron chi connectivity index (χ3n) is 5.06. The fraction of sp³-hybridized carbons (Fsp3) is 0.625. The summed E-state index contributed by atoms with van der Waals surface area (Å²) in [7, 11) is 0. The number of anilines is 1. The second-order valence-corrected chi connectivity index (χ2v) is 6.32. The molecular weight excluding hydrogens is 279 g/mol. The largest absolute Gasteiger partial charge is 0.387 e. The van der Waals surface area contributed by atoms with E-state index in [4.69, 9.17) is 0 Å². The summed E-state index contributed by atoms with van der Waals surface area (Å²) in [5, 5.41) is 14.0. The number of hydrogen-bond acceptors (Lipinski definition) is 2. The van der Waals surface area contributed by atoms with E-state index in [2.05, 4.69) is 5.32 Å². The highest BCUT2D eigenvalue weighted by Crippen LogP contribution is 2.44. The van der Waals surface area contributed by atoms with Crippen molar-refractivity contribution < 1.29 is 18.3 Å². The van der Waals surface area contributed by atoms with E-state index < -0.39 is 23.1 Å². The van der Waals surface area contributed by atoms with Crippen LogP contribution in [-0.4, -0.2) is 16.7 Å². The molecule has 2 aliphatic rings. The average molecular weight is 299 g/mol. The smallest absolute Gasteiger partial charge is 0.194 e. The standard InChI is InChI=1S/C16H20F3NO/c17-12-8-11(9-13(18)15(12)19)20-14-6-3-5-10-4-1-2-7-16(10,14)21/h8-10,14,20-21H,1-7H2/t10-,14?,16-/m1/s1. The van der Waals surface area contributed by atoms with E-state index in [9.17, 15) is 18.3 Å². The maximum Gasteiger partial charge on any atom is 0.194 e. The fourth-order valence-corrected chi connectivity index (χ4v) is 3.96. The minimum absolute atomic E-state index is 0.191. The summed E-state index contributed by atoms with van der Waals surface area (Å²) < 4.78 is 39.6. The lowest BCUT2D eigenvalue weighted by molar-refractivity contribution is -0.0835. The van der Waals surface area contributed by atoms with E-state index in [0.29, 0.717) is 6.42 Å². The first kappa shape index (κ1) is 14.7. The predicted octanol–water partition coefficient (Wildman–Crippen LogP) is 3.99. The molecule has 0 amide bonds. The highest BCUT2D eigenvalue weighted by atomic mass is 19.2. The van der Waals surface area contributed by atoms with Crippen molar-refractivity contribution in [2.24, 2.45) is 5.92 Å². The topological polar surface area (TPSA) is 32.3 Å². The van der Waals surface area contributed by atoms with E-state index in [-0.39, 0.29) is 17.6 Å². The first-order chi connectivity index (χ1) is 10.0. The molecule has 0 heterocycles. The number of aliphatic hydroxyl groups is 1. The summed E-state index contributed by atoms with van der Waals surface area (Å²) in [4.78, 5) is 0. The highest BCUT2D eigenvalue weighted by Gasteiger charge is 2.47. The van der Waals surface area contributed by atoms with Crippen LogP contribution in [0.5, 0.6) is 0 Å². The lowest BCUT2D eigenvalue weighted by Crippen LogP contribution is -2.56. The maximum absolute atomic E-state index is 13.3. The van der Waals surface area contributed by atoms with Crippen LogP contribution in [0.25, 0.3) is 0 Å². The van der Waals surface area contributed by atoms with Crippen molar-refractivity contribution in [3.8, 4) is 0 Å². The van der Waals surface area contributed by atoms with Crippen molar-refractivity contribution in [1.29, 1.82) is 0 Å². The van der Waals surface area contributed by atoms with E-state index >= 15 is 0 Å². The van der Waals surface area contributed by atoms with Crippen LogP contribution in [0, 0.1) is 23.4 Å². The molecule has 0 aliphatic heterocycles. The molecule has 0 spiro atoms. The van der Waals surface area contributed by atoms with Crippen LogP contribution in [0.4, 0.5) is 18.9 Å². The number of fused-ring (bicyclic) bond motifs is 1. The van der Waals surface area contributed by atoms with Gasteiger partial charge in [-0.2, -0.15) is 0 Å². The molecule has 1 unspecified atom stereocenters. The van der Waals surface area contributed by atoms with Crippen LogP contribution in [0.15, 0.2) is 12.1 Å². The van der Waals surface area contributed by atoms with Gasteiger partial charge in [0.1, 0.15) is 0 Å². The molecule has 2 aliphatic carbocycles. The van der Waals surface area contributed by atoms with Crippen molar-refractivity contribution in [3.05, 3.63) is 29.6 Å². The Kier molecular flexibility index (Phi) is 3.86. The summed E-state index contributed by atoms with van der Waals surface area (Å²) in [5.41, 5.74) is -0.631. The summed E-state index contributed by atoms with van der Waals surface area (Å²) in [6, 6.07) is 1.67. The molecule has 3 atom stereocenters. The Balaban J connectivity index is 1.83. The zero-order valence-corrected chi connectivity index (χ0v) is 11.8. The second kappa shape index (κ2) is 5.52. The summed E-state index contributed by atoms with van der Waals surface area (Å²) in [6.07, 6.45) is 6.55. The first-order valence-electron chi connectivity index (χ1n) is 7.64. The molecule has 21 heavy (non-hydrogen) atoms. The van der Waals surface area contributed by atoms with Crippen LogP contribution in [-0.2, 0) is 0 Å². The van der Waals surface area contributed by atoms with Gasteiger partial charge in [-0.1, -0.05) is 19.3 Å². The Morgan fingerprint density at radius 2 is 1.67 bits per heavy atom. The molecule has 0 bridgehead atoms. The predicted molar refractivity (Wildman–Crippen MR) is 74.5 cm³/mol. The molecule has 1 aromatic carbocycles. The van der Waals surface area contributed by atoms with Crippen LogP contribution >= 0.6 is 0 Å². The van der Waals surface area contributed by atoms with E-state index in [0.717, 1.165) is 50.7 Å². The molecule has 2 fully saturated rings. The SMILES string of the molecule is O[C@]12CCCC[C@@H]1CCCC2Nc1cc(F)c(F)c(F)c1. The van der Waals surface area contributed by atoms with Crippen molar-refractivity contribution in [2.75, 3.05) is 5.32 Å². The van der Waals surface area contributed by atoms with Gasteiger partial charge in [-0.05, 0) is 31.6 Å². The van der Waals surface area contributed by atoms with Crippen molar-refractivity contribution >= 4 is 5.69 Å². The molecule has 0 saturated heterocycles. The summed E-state index contributed by atoms with van der Waals surface area (Å²) in [6.45, 7) is 0. The normalized spacial score (nSPS) is 32.6. The van der Waals surface area contributed by atoms with Gasteiger partial charge >= 0.3 is 0 Å². The van der Waals surface area contributed by atoms with Gasteiger partial charge in [0.25, 0.3) is 0 Å². The molecule has 0 aromatic heterocycles. The van der Waals surface area contributed by atoms with E-state index in [1.54, 1.807) is 0 Å². The summed E-state index contributed by atoms with van der Waals surface area (Å²) >= 11 is 0. The van der Waals surface area contributed by atoms with Gasteiger partial charge in [-0.25, -0.2) is 13.2 Å². The molecule has 0 radical (unpaired) electrons. The van der Waals surface area contributed by atoms with Crippen molar-refractivity contribution in [2.45, 2.75) is 56.6 Å². The lowest BCUT2D eigenvalue weighted by atomic mass is 9.65. The number of nitrogens with one attached hydrogen (secondary N) is 1. The van der Waals surface area contributed by atoms with Gasteiger partial charge in [0.15, 0.2) is 17.5 Å². The molecular formula is C16H20F3NO. The van der Waals surface area contributed by atoms with Gasteiger partial charge in [-0.15, -0.1) is 0 Å². The Hall–Kier alpha value is -1.23. The third kappa shape index (κ3) is 2.63. The lowest BCUT2D eigenvalue weighted by Gasteiger charge is -2.49. The number of halogens is 3. The molecule has 1 aromatic rings. The third-order valence-corrected chi connectivity index (χ3v) is 5.06. The van der Waals surface area contributed by atoms with Gasteiger partial charge in [-0.3, -0.25) is 0 Å². The van der Waals surface area contributed by atoms with Crippen LogP contribution in [0.3, 0.4) is 0 Å². The van der Waals surface area contributed by atoms with Crippen molar-refractivity contribution in [3.63, 3.8) is 0 Å². The fourth-order valence-electron chi connectivity index (χ4n) is 3.96. The van der Waals surface area contributed by atoms with Crippen molar-refractivity contribution in [1.82, 2.24) is 0 Å². The quantitative estimate of drug-likeness (QED) is 0.809. The first-order valence-corrected chi connectivity index (χ1v) is 7.64. The average Bonchev–Trinajstić information content (AvgIpc) is 2.45. The van der Waals surface area contributed by atoms with Crippen LogP contribution < -0.4 is 5.32 Å². The van der Waals surface area contributed by atoms with Gasteiger partial charge in [0.2, 0.25) is 0 Å². The molecule has 2 saturated carbocycles. The molecule has 5 heteroatoms. The van der Waals surface area contributed by atoms with Crippen LogP contribution in [0.2, 0.25) is 0 Å². The second-order valence-electron chi connectivity index (χ2n) is 6.32. The highest BCUT2D eigenvalue weighted by molar-refractivity contribution is 5.46. The Morgan fingerprint density at radius 3 is 2.38 bits per heavy atom. The van der Waals surface area contributed by atoms with Gasteiger partial charge < -0.3 is 10.4 Å². The molecule has 116 valence electrons. The number of benzene rings is 1. The Bertz CT molecular complexity index is 511. The molecule has 2 N–H and O–H groups in total. The van der Waals surface area contributed by atoms with E-state index in [1.165, 1.54) is 0 Å². The molecule has 2 nitrogen and oxygen atoms in total. The van der Waals surface area contributed by atoms with Gasteiger partial charge in [0, 0.05) is 17.8 Å². The number of rotatable bonds is 2. The zero-order valence-electron chi connectivity index (χ0n) is 11.8. The Labute approximate surface area is 122 Å². The Morgan fingerprint density at radius 1 is 1.00 bits per heavy atom.